The smallest absolute Gasteiger partial charge is 0.322 e. The SMILES string of the molecule is CCNC(=O)Nc1nc2cc(-n3cccn3)cc(C)c2o1. The molecule has 0 saturated carbocycles. The minimum Gasteiger partial charge on any atom is -0.423 e. The highest BCUT2D eigenvalue weighted by molar-refractivity contribution is 5.89. The number of nitrogens with one attached hydrogen (secondary N) is 2. The molecule has 2 amide bonds. The van der Waals surface area contributed by atoms with Gasteiger partial charge in [-0.1, -0.05) is 0 Å². The number of rotatable bonds is 3. The van der Waals surface area contributed by atoms with E-state index in [1.54, 1.807) is 10.9 Å². The summed E-state index contributed by atoms with van der Waals surface area (Å²) in [5.74, 6) is 0. The van der Waals surface area contributed by atoms with Crippen LogP contribution in [0.1, 0.15) is 12.5 Å². The number of nitrogens with zero attached hydrogens (tertiary/aromatic N) is 3. The van der Waals surface area contributed by atoms with E-state index >= 15 is 0 Å². The van der Waals surface area contributed by atoms with Gasteiger partial charge < -0.3 is 9.73 Å². The second-order valence-corrected chi connectivity index (χ2v) is 4.57. The third-order valence-corrected chi connectivity index (χ3v) is 2.99. The highest BCUT2D eigenvalue weighted by atomic mass is 16.4. The molecule has 0 unspecified atom stereocenters. The Morgan fingerprint density at radius 1 is 1.43 bits per heavy atom. The molecule has 2 aromatic heterocycles. The van der Waals surface area contributed by atoms with Crippen molar-refractivity contribution >= 4 is 23.1 Å². The minimum atomic E-state index is -0.339. The maximum absolute atomic E-state index is 11.5. The third-order valence-electron chi connectivity index (χ3n) is 2.99. The van der Waals surface area contributed by atoms with Crippen LogP contribution in [0.3, 0.4) is 0 Å². The van der Waals surface area contributed by atoms with Gasteiger partial charge in [-0.25, -0.2) is 9.48 Å². The first kappa shape index (κ1) is 13.2. The summed E-state index contributed by atoms with van der Waals surface area (Å²) in [4.78, 5) is 15.8. The lowest BCUT2D eigenvalue weighted by Crippen LogP contribution is -2.28. The number of anilines is 1. The molecule has 0 radical (unpaired) electrons. The van der Waals surface area contributed by atoms with E-state index in [1.165, 1.54) is 0 Å². The van der Waals surface area contributed by atoms with E-state index in [9.17, 15) is 4.79 Å². The van der Waals surface area contributed by atoms with E-state index in [4.69, 9.17) is 4.42 Å². The Bertz CT molecular complexity index is 776. The Morgan fingerprint density at radius 3 is 3.00 bits per heavy atom. The topological polar surface area (TPSA) is 85.0 Å². The van der Waals surface area contributed by atoms with Crippen molar-refractivity contribution < 1.29 is 9.21 Å². The second-order valence-electron chi connectivity index (χ2n) is 4.57. The van der Waals surface area contributed by atoms with Crippen LogP contribution in [0.2, 0.25) is 0 Å². The normalized spacial score (nSPS) is 10.8. The van der Waals surface area contributed by atoms with Crippen LogP contribution in [0.15, 0.2) is 35.0 Å². The van der Waals surface area contributed by atoms with Crippen LogP contribution >= 0.6 is 0 Å². The maximum atomic E-state index is 11.5. The van der Waals surface area contributed by atoms with Crippen molar-refractivity contribution in [3.05, 3.63) is 36.2 Å². The minimum absolute atomic E-state index is 0.177. The van der Waals surface area contributed by atoms with E-state index in [1.807, 2.05) is 38.2 Å². The fourth-order valence-corrected chi connectivity index (χ4v) is 2.09. The summed E-state index contributed by atoms with van der Waals surface area (Å²) in [6.45, 7) is 4.30. The fraction of sp³-hybridized carbons (Fsp3) is 0.214. The maximum Gasteiger partial charge on any atom is 0.322 e. The molecule has 0 atom stereocenters. The van der Waals surface area contributed by atoms with Crippen molar-refractivity contribution in [1.29, 1.82) is 0 Å². The van der Waals surface area contributed by atoms with Crippen molar-refractivity contribution in [1.82, 2.24) is 20.1 Å². The molecule has 0 aliphatic heterocycles. The predicted molar refractivity (Wildman–Crippen MR) is 78.6 cm³/mol. The first-order valence-electron chi connectivity index (χ1n) is 6.63. The Kier molecular flexibility index (Phi) is 3.31. The Balaban J connectivity index is 1.97. The molecule has 108 valence electrons. The third kappa shape index (κ3) is 2.58. The molecule has 1 aromatic carbocycles. The van der Waals surface area contributed by atoms with Gasteiger partial charge in [-0.15, -0.1) is 0 Å². The molecule has 21 heavy (non-hydrogen) atoms. The lowest BCUT2D eigenvalue weighted by atomic mass is 10.2. The van der Waals surface area contributed by atoms with Crippen LogP contribution < -0.4 is 10.6 Å². The quantitative estimate of drug-likeness (QED) is 0.774. The molecule has 0 aliphatic rings. The highest BCUT2D eigenvalue weighted by Gasteiger charge is 2.12. The molecule has 0 fully saturated rings. The van der Waals surface area contributed by atoms with Crippen LogP contribution in [0.4, 0.5) is 10.8 Å². The van der Waals surface area contributed by atoms with Gasteiger partial charge in [-0.3, -0.25) is 5.32 Å². The zero-order chi connectivity index (χ0) is 14.8. The molecule has 3 rings (SSSR count). The summed E-state index contributed by atoms with van der Waals surface area (Å²) in [7, 11) is 0. The van der Waals surface area contributed by atoms with Crippen molar-refractivity contribution in [3.8, 4) is 5.69 Å². The first-order chi connectivity index (χ1) is 10.2. The van der Waals surface area contributed by atoms with Gasteiger partial charge in [0.15, 0.2) is 5.58 Å². The van der Waals surface area contributed by atoms with Gasteiger partial charge in [0.1, 0.15) is 5.52 Å². The number of hydrogen-bond acceptors (Lipinski definition) is 4. The molecule has 0 bridgehead atoms. The number of oxazole rings is 1. The Labute approximate surface area is 121 Å². The highest BCUT2D eigenvalue weighted by Crippen LogP contribution is 2.25. The van der Waals surface area contributed by atoms with E-state index in [0.29, 0.717) is 17.6 Å². The van der Waals surface area contributed by atoms with Gasteiger partial charge in [0, 0.05) is 18.9 Å². The molecule has 0 spiro atoms. The summed E-state index contributed by atoms with van der Waals surface area (Å²) in [5.41, 5.74) is 3.14. The van der Waals surface area contributed by atoms with Gasteiger partial charge in [0.25, 0.3) is 0 Å². The number of carbonyl (C=O) groups is 1. The monoisotopic (exact) mass is 285 g/mol. The van der Waals surface area contributed by atoms with Crippen LogP contribution in [0.25, 0.3) is 16.8 Å². The van der Waals surface area contributed by atoms with E-state index < -0.39 is 0 Å². The molecule has 0 saturated heterocycles. The number of aryl methyl sites for hydroxylation is 1. The molecule has 0 aliphatic carbocycles. The standard InChI is InChI=1S/C14H15N5O2/c1-3-15-13(20)18-14-17-11-8-10(19-6-4-5-16-19)7-9(2)12(11)21-14/h4-8H,3H2,1-2H3,(H2,15,17,18,20). The van der Waals surface area contributed by atoms with Crippen molar-refractivity contribution in [3.63, 3.8) is 0 Å². The zero-order valence-corrected chi connectivity index (χ0v) is 11.8. The number of carbonyl (C=O) groups excluding carboxylic acids is 1. The van der Waals surface area contributed by atoms with E-state index in [2.05, 4.69) is 20.7 Å². The summed E-state index contributed by atoms with van der Waals surface area (Å²) >= 11 is 0. The Hall–Kier alpha value is -2.83. The summed E-state index contributed by atoms with van der Waals surface area (Å²) in [6.07, 6.45) is 3.57. The average molecular weight is 285 g/mol. The predicted octanol–water partition coefficient (Wildman–Crippen LogP) is 2.46. The fourth-order valence-electron chi connectivity index (χ4n) is 2.09. The summed E-state index contributed by atoms with van der Waals surface area (Å²) in [6, 6.07) is 5.51. The zero-order valence-electron chi connectivity index (χ0n) is 11.8. The van der Waals surface area contributed by atoms with Gasteiger partial charge in [0.2, 0.25) is 0 Å². The number of hydrogen-bond donors (Lipinski definition) is 2. The van der Waals surface area contributed by atoms with E-state index in [-0.39, 0.29) is 12.0 Å². The largest absolute Gasteiger partial charge is 0.423 e. The van der Waals surface area contributed by atoms with Crippen LogP contribution in [0.5, 0.6) is 0 Å². The second kappa shape index (κ2) is 5.28. The Morgan fingerprint density at radius 2 is 2.29 bits per heavy atom. The van der Waals surface area contributed by atoms with Gasteiger partial charge in [-0.05, 0) is 37.6 Å². The molecule has 3 aromatic rings. The number of aromatic nitrogens is 3. The average Bonchev–Trinajstić information content (AvgIpc) is 3.07. The van der Waals surface area contributed by atoms with Gasteiger partial charge >= 0.3 is 12.0 Å². The summed E-state index contributed by atoms with van der Waals surface area (Å²) < 4.78 is 7.32. The van der Waals surface area contributed by atoms with Crippen molar-refractivity contribution in [2.45, 2.75) is 13.8 Å². The molecular formula is C14H15N5O2. The molecule has 2 N–H and O–H groups in total. The number of amides is 2. The number of fused-ring (bicyclic) bond motifs is 1. The number of urea groups is 1. The first-order valence-corrected chi connectivity index (χ1v) is 6.63. The van der Waals surface area contributed by atoms with Crippen LogP contribution in [0, 0.1) is 6.92 Å². The van der Waals surface area contributed by atoms with Crippen LogP contribution in [-0.4, -0.2) is 27.3 Å². The van der Waals surface area contributed by atoms with Crippen molar-refractivity contribution in [2.24, 2.45) is 0 Å². The molecule has 7 heteroatoms. The van der Waals surface area contributed by atoms with Gasteiger partial charge in [-0.2, -0.15) is 10.1 Å². The van der Waals surface area contributed by atoms with Crippen molar-refractivity contribution in [2.75, 3.05) is 11.9 Å². The lowest BCUT2D eigenvalue weighted by Gasteiger charge is -2.02. The van der Waals surface area contributed by atoms with E-state index in [0.717, 1.165) is 11.3 Å². The molecule has 7 nitrogen and oxygen atoms in total. The summed E-state index contributed by atoms with van der Waals surface area (Å²) in [5, 5.41) is 9.38. The molecular weight excluding hydrogens is 270 g/mol. The van der Waals surface area contributed by atoms with Gasteiger partial charge in [0.05, 0.1) is 5.69 Å². The number of benzene rings is 1. The molecule has 2 heterocycles. The van der Waals surface area contributed by atoms with Crippen LogP contribution in [-0.2, 0) is 0 Å². The lowest BCUT2D eigenvalue weighted by molar-refractivity contribution is 0.252.